The maximum atomic E-state index is 9.35. The largest absolute Gasteiger partial charge is 0.453 e. The maximum absolute atomic E-state index is 9.35. The molecule has 0 spiro atoms. The summed E-state index contributed by atoms with van der Waals surface area (Å²) < 4.78 is 10.9. The molecule has 0 saturated heterocycles. The minimum Gasteiger partial charge on any atom is -0.453 e. The number of halogens is 1. The van der Waals surface area contributed by atoms with Crippen LogP contribution in [0.4, 0.5) is 0 Å². The standard InChI is InChI=1S/C10H16BrNO3/c1-14-7-8(13)4-5-12-6-9-2-3-10(11)15-9/h2-3,8,12-13H,4-7H2,1H3. The number of hydrogen-bond donors (Lipinski definition) is 2. The molecule has 0 aliphatic rings. The minimum atomic E-state index is -0.397. The van der Waals surface area contributed by atoms with Gasteiger partial charge in [0.15, 0.2) is 4.67 Å². The molecule has 0 aliphatic heterocycles. The van der Waals surface area contributed by atoms with Crippen molar-refractivity contribution in [3.05, 3.63) is 22.6 Å². The van der Waals surface area contributed by atoms with Crippen molar-refractivity contribution in [3.63, 3.8) is 0 Å². The molecule has 1 aromatic rings. The summed E-state index contributed by atoms with van der Waals surface area (Å²) in [5, 5.41) is 12.5. The SMILES string of the molecule is COCC(O)CCNCc1ccc(Br)o1. The molecule has 1 aromatic heterocycles. The second-order valence-electron chi connectivity index (χ2n) is 3.28. The lowest BCUT2D eigenvalue weighted by molar-refractivity contribution is 0.0593. The zero-order valence-electron chi connectivity index (χ0n) is 8.70. The second-order valence-corrected chi connectivity index (χ2v) is 4.06. The van der Waals surface area contributed by atoms with Crippen LogP contribution in [0.5, 0.6) is 0 Å². The molecule has 1 heterocycles. The summed E-state index contributed by atoms with van der Waals surface area (Å²) in [5.41, 5.74) is 0. The number of methoxy groups -OCH3 is 1. The molecule has 1 unspecified atom stereocenters. The highest BCUT2D eigenvalue weighted by molar-refractivity contribution is 9.10. The quantitative estimate of drug-likeness (QED) is 0.743. The van der Waals surface area contributed by atoms with E-state index >= 15 is 0 Å². The molecule has 0 amide bonds. The normalized spacial score (nSPS) is 13.0. The van der Waals surface area contributed by atoms with Gasteiger partial charge in [-0.1, -0.05) is 0 Å². The topological polar surface area (TPSA) is 54.6 Å². The van der Waals surface area contributed by atoms with Gasteiger partial charge in [-0.05, 0) is 41.0 Å². The first kappa shape index (κ1) is 12.7. The van der Waals surface area contributed by atoms with Gasteiger partial charge in [0.2, 0.25) is 0 Å². The Morgan fingerprint density at radius 3 is 3.00 bits per heavy atom. The van der Waals surface area contributed by atoms with E-state index in [-0.39, 0.29) is 0 Å². The van der Waals surface area contributed by atoms with Crippen LogP contribution in [0.3, 0.4) is 0 Å². The van der Waals surface area contributed by atoms with E-state index in [9.17, 15) is 5.11 Å². The van der Waals surface area contributed by atoms with Crippen molar-refractivity contribution in [2.24, 2.45) is 0 Å². The number of furan rings is 1. The highest BCUT2D eigenvalue weighted by Crippen LogP contribution is 2.13. The van der Waals surface area contributed by atoms with Crippen LogP contribution in [0.15, 0.2) is 21.2 Å². The zero-order valence-corrected chi connectivity index (χ0v) is 10.3. The molecule has 4 nitrogen and oxygen atoms in total. The van der Waals surface area contributed by atoms with Crippen molar-refractivity contribution in [2.45, 2.75) is 19.1 Å². The lowest BCUT2D eigenvalue weighted by Crippen LogP contribution is -2.22. The number of rotatable bonds is 7. The van der Waals surface area contributed by atoms with E-state index in [1.54, 1.807) is 7.11 Å². The predicted molar refractivity (Wildman–Crippen MR) is 60.6 cm³/mol. The molecule has 2 N–H and O–H groups in total. The Morgan fingerprint density at radius 1 is 1.60 bits per heavy atom. The van der Waals surface area contributed by atoms with Crippen molar-refractivity contribution in [1.82, 2.24) is 5.32 Å². The van der Waals surface area contributed by atoms with Crippen molar-refractivity contribution >= 4 is 15.9 Å². The average molecular weight is 278 g/mol. The highest BCUT2D eigenvalue weighted by Gasteiger charge is 2.03. The summed E-state index contributed by atoms with van der Waals surface area (Å²) in [5.74, 6) is 0.878. The lowest BCUT2D eigenvalue weighted by Gasteiger charge is -2.09. The van der Waals surface area contributed by atoms with E-state index in [1.165, 1.54) is 0 Å². The third-order valence-corrected chi connectivity index (χ3v) is 2.37. The Morgan fingerprint density at radius 2 is 2.40 bits per heavy atom. The van der Waals surface area contributed by atoms with Crippen LogP contribution >= 0.6 is 15.9 Å². The Kier molecular flexibility index (Phi) is 5.93. The van der Waals surface area contributed by atoms with Crippen LogP contribution in [-0.2, 0) is 11.3 Å². The number of aliphatic hydroxyl groups excluding tert-OH is 1. The molecule has 0 aromatic carbocycles. The molecule has 0 bridgehead atoms. The van der Waals surface area contributed by atoms with Crippen LogP contribution in [0.2, 0.25) is 0 Å². The monoisotopic (exact) mass is 277 g/mol. The fraction of sp³-hybridized carbons (Fsp3) is 0.600. The molecule has 0 fully saturated rings. The lowest BCUT2D eigenvalue weighted by atomic mass is 10.2. The van der Waals surface area contributed by atoms with Crippen LogP contribution in [0.25, 0.3) is 0 Å². The van der Waals surface area contributed by atoms with Crippen LogP contribution in [-0.4, -0.2) is 31.5 Å². The zero-order chi connectivity index (χ0) is 11.1. The molecule has 0 aliphatic carbocycles. The number of nitrogens with one attached hydrogen (secondary N) is 1. The van der Waals surface area contributed by atoms with Crippen molar-refractivity contribution in [3.8, 4) is 0 Å². The van der Waals surface area contributed by atoms with Crippen molar-refractivity contribution in [2.75, 3.05) is 20.3 Å². The Hall–Kier alpha value is -0.360. The number of hydrogen-bond acceptors (Lipinski definition) is 4. The molecule has 0 saturated carbocycles. The van der Waals surface area contributed by atoms with Gasteiger partial charge in [0.05, 0.1) is 19.3 Å². The van der Waals surface area contributed by atoms with Gasteiger partial charge in [-0.2, -0.15) is 0 Å². The Labute approximate surface area is 97.7 Å². The minimum absolute atomic E-state index is 0.383. The third kappa shape index (κ3) is 5.32. The van der Waals surface area contributed by atoms with Crippen molar-refractivity contribution < 1.29 is 14.3 Å². The molecular weight excluding hydrogens is 262 g/mol. The molecule has 1 atom stereocenters. The average Bonchev–Trinajstić information content (AvgIpc) is 2.60. The van der Waals surface area contributed by atoms with E-state index in [0.717, 1.165) is 17.0 Å². The highest BCUT2D eigenvalue weighted by atomic mass is 79.9. The van der Waals surface area contributed by atoms with E-state index in [1.807, 2.05) is 12.1 Å². The third-order valence-electron chi connectivity index (χ3n) is 1.94. The molecule has 1 rings (SSSR count). The van der Waals surface area contributed by atoms with Gasteiger partial charge in [-0.25, -0.2) is 0 Å². The van der Waals surface area contributed by atoms with Gasteiger partial charge < -0.3 is 19.6 Å². The van der Waals surface area contributed by atoms with E-state index in [4.69, 9.17) is 9.15 Å². The van der Waals surface area contributed by atoms with Gasteiger partial charge in [0, 0.05) is 7.11 Å². The van der Waals surface area contributed by atoms with Crippen LogP contribution < -0.4 is 5.32 Å². The summed E-state index contributed by atoms with van der Waals surface area (Å²) >= 11 is 3.23. The maximum Gasteiger partial charge on any atom is 0.169 e. The summed E-state index contributed by atoms with van der Waals surface area (Å²) in [6.45, 7) is 1.79. The summed E-state index contributed by atoms with van der Waals surface area (Å²) in [6, 6.07) is 3.76. The fourth-order valence-electron chi connectivity index (χ4n) is 1.20. The summed E-state index contributed by atoms with van der Waals surface area (Å²) in [4.78, 5) is 0. The van der Waals surface area contributed by atoms with Gasteiger partial charge in [0.25, 0.3) is 0 Å². The van der Waals surface area contributed by atoms with Crippen LogP contribution in [0, 0.1) is 0 Å². The van der Waals surface area contributed by atoms with E-state index in [2.05, 4.69) is 21.2 Å². The predicted octanol–water partition coefficient (Wildman–Crippen LogP) is 1.53. The van der Waals surface area contributed by atoms with Gasteiger partial charge in [-0.3, -0.25) is 0 Å². The first-order chi connectivity index (χ1) is 7.22. The van der Waals surface area contributed by atoms with Gasteiger partial charge in [-0.15, -0.1) is 0 Å². The molecular formula is C10H16BrNO3. The Bertz CT molecular complexity index is 277. The number of ether oxygens (including phenoxy) is 1. The van der Waals surface area contributed by atoms with Gasteiger partial charge in [0.1, 0.15) is 5.76 Å². The smallest absolute Gasteiger partial charge is 0.169 e. The first-order valence-corrected chi connectivity index (χ1v) is 5.63. The van der Waals surface area contributed by atoms with E-state index < -0.39 is 6.10 Å². The van der Waals surface area contributed by atoms with Crippen LogP contribution in [0.1, 0.15) is 12.2 Å². The second kappa shape index (κ2) is 7.00. The first-order valence-electron chi connectivity index (χ1n) is 4.84. The molecule has 15 heavy (non-hydrogen) atoms. The molecule has 86 valence electrons. The van der Waals surface area contributed by atoms with E-state index in [0.29, 0.717) is 19.6 Å². The number of aliphatic hydroxyl groups is 1. The van der Waals surface area contributed by atoms with Crippen molar-refractivity contribution in [1.29, 1.82) is 0 Å². The Balaban J connectivity index is 2.06. The van der Waals surface area contributed by atoms with Gasteiger partial charge >= 0.3 is 0 Å². The fourth-order valence-corrected chi connectivity index (χ4v) is 1.54. The summed E-state index contributed by atoms with van der Waals surface area (Å²) in [7, 11) is 1.58. The molecule has 0 radical (unpaired) electrons. The summed E-state index contributed by atoms with van der Waals surface area (Å²) in [6.07, 6.45) is 0.279. The molecule has 5 heteroatoms.